The number of guanidine groups is 1. The van der Waals surface area contributed by atoms with Gasteiger partial charge in [-0.15, -0.1) is 24.0 Å². The molecule has 25 heavy (non-hydrogen) atoms. The summed E-state index contributed by atoms with van der Waals surface area (Å²) in [7, 11) is 1.91. The summed E-state index contributed by atoms with van der Waals surface area (Å²) >= 11 is 0. The van der Waals surface area contributed by atoms with Crippen molar-refractivity contribution in [3.05, 3.63) is 0 Å². The second kappa shape index (κ2) is 10.3. The third kappa shape index (κ3) is 5.96. The van der Waals surface area contributed by atoms with Crippen LogP contribution in [0.15, 0.2) is 4.99 Å². The molecule has 6 heteroatoms. The number of nitrogens with zero attached hydrogens (tertiary/aromatic N) is 3. The number of halogens is 1. The lowest BCUT2D eigenvalue weighted by Crippen LogP contribution is -2.50. The molecule has 3 rings (SSSR count). The van der Waals surface area contributed by atoms with Crippen LogP contribution in [0.25, 0.3) is 0 Å². The Kier molecular flexibility index (Phi) is 8.75. The van der Waals surface area contributed by atoms with Gasteiger partial charge < -0.3 is 15.0 Å². The van der Waals surface area contributed by atoms with Crippen molar-refractivity contribution in [1.82, 2.24) is 15.1 Å². The molecule has 1 saturated carbocycles. The standard InChI is InChI=1S/C19H36N4O.HI/c1-15(2)11-22-8-9-24-18(14-22)10-21-19(20-3)23-12-16-6-4-5-7-17(16)13-23;/h15-18H,4-14H2,1-3H3,(H,20,21);1H. The molecule has 3 unspecified atom stereocenters. The second-order valence-corrected chi connectivity index (χ2v) is 8.28. The lowest BCUT2D eigenvalue weighted by Gasteiger charge is -2.34. The number of likely N-dealkylation sites (tertiary alicyclic amines) is 1. The van der Waals surface area contributed by atoms with Gasteiger partial charge in [-0.05, 0) is 30.6 Å². The summed E-state index contributed by atoms with van der Waals surface area (Å²) in [6, 6.07) is 0. The Balaban J connectivity index is 0.00000225. The summed E-state index contributed by atoms with van der Waals surface area (Å²) in [6.45, 7) is 12.0. The molecule has 3 atom stereocenters. The number of hydrogen-bond donors (Lipinski definition) is 1. The Morgan fingerprint density at radius 3 is 2.44 bits per heavy atom. The molecule has 0 bridgehead atoms. The number of fused-ring (bicyclic) bond motifs is 1. The number of aliphatic imine (C=N–C) groups is 1. The number of nitrogens with one attached hydrogen (secondary N) is 1. The van der Waals surface area contributed by atoms with Gasteiger partial charge in [0.25, 0.3) is 0 Å². The Morgan fingerprint density at radius 2 is 1.84 bits per heavy atom. The lowest BCUT2D eigenvalue weighted by atomic mass is 9.82. The third-order valence-electron chi connectivity index (χ3n) is 5.82. The van der Waals surface area contributed by atoms with Crippen LogP contribution in [0, 0.1) is 17.8 Å². The van der Waals surface area contributed by atoms with Crippen molar-refractivity contribution in [2.24, 2.45) is 22.7 Å². The molecule has 0 aromatic heterocycles. The number of rotatable bonds is 4. The smallest absolute Gasteiger partial charge is 0.193 e. The van der Waals surface area contributed by atoms with Crippen LogP contribution in [-0.4, -0.2) is 74.8 Å². The maximum absolute atomic E-state index is 5.96. The minimum atomic E-state index is 0. The zero-order valence-electron chi connectivity index (χ0n) is 16.2. The van der Waals surface area contributed by atoms with E-state index in [0.29, 0.717) is 0 Å². The van der Waals surface area contributed by atoms with E-state index in [9.17, 15) is 0 Å². The van der Waals surface area contributed by atoms with Gasteiger partial charge in [-0.3, -0.25) is 9.89 Å². The van der Waals surface area contributed by atoms with E-state index in [0.717, 1.165) is 50.0 Å². The summed E-state index contributed by atoms with van der Waals surface area (Å²) in [5.74, 6) is 3.58. The highest BCUT2D eigenvalue weighted by atomic mass is 127. The van der Waals surface area contributed by atoms with Gasteiger partial charge in [-0.25, -0.2) is 0 Å². The molecule has 3 aliphatic rings. The number of morpholine rings is 1. The molecule has 2 saturated heterocycles. The van der Waals surface area contributed by atoms with Gasteiger partial charge in [-0.2, -0.15) is 0 Å². The van der Waals surface area contributed by atoms with Gasteiger partial charge in [0.1, 0.15) is 0 Å². The van der Waals surface area contributed by atoms with Crippen LogP contribution in [0.3, 0.4) is 0 Å². The first kappa shape index (κ1) is 21.2. The van der Waals surface area contributed by atoms with Crippen molar-refractivity contribution >= 4 is 29.9 Å². The zero-order chi connectivity index (χ0) is 16.9. The average Bonchev–Trinajstić information content (AvgIpc) is 2.99. The van der Waals surface area contributed by atoms with Crippen LogP contribution >= 0.6 is 24.0 Å². The second-order valence-electron chi connectivity index (χ2n) is 8.28. The molecular formula is C19H37IN4O. The molecule has 0 aromatic rings. The maximum atomic E-state index is 5.96. The minimum Gasteiger partial charge on any atom is -0.374 e. The summed E-state index contributed by atoms with van der Waals surface area (Å²) in [5, 5.41) is 3.59. The summed E-state index contributed by atoms with van der Waals surface area (Å²) in [6.07, 6.45) is 5.94. The van der Waals surface area contributed by atoms with Crippen molar-refractivity contribution in [1.29, 1.82) is 0 Å². The molecule has 2 aliphatic heterocycles. The Bertz CT molecular complexity index is 418. The minimum absolute atomic E-state index is 0. The highest BCUT2D eigenvalue weighted by Crippen LogP contribution is 2.35. The Hall–Kier alpha value is -0.0800. The fourth-order valence-corrected chi connectivity index (χ4v) is 4.70. The van der Waals surface area contributed by atoms with E-state index in [4.69, 9.17) is 4.74 Å². The predicted octanol–water partition coefficient (Wildman–Crippen LogP) is 2.66. The van der Waals surface area contributed by atoms with E-state index in [1.54, 1.807) is 0 Å². The Labute approximate surface area is 171 Å². The number of hydrogen-bond acceptors (Lipinski definition) is 3. The van der Waals surface area contributed by atoms with Crippen LogP contribution in [0.4, 0.5) is 0 Å². The van der Waals surface area contributed by atoms with Gasteiger partial charge >= 0.3 is 0 Å². The van der Waals surface area contributed by atoms with E-state index >= 15 is 0 Å². The van der Waals surface area contributed by atoms with Crippen LogP contribution < -0.4 is 5.32 Å². The first-order valence-electron chi connectivity index (χ1n) is 9.95. The van der Waals surface area contributed by atoms with E-state index in [2.05, 4.69) is 34.0 Å². The topological polar surface area (TPSA) is 40.1 Å². The molecule has 0 spiro atoms. The molecule has 0 aromatic carbocycles. The van der Waals surface area contributed by atoms with Crippen LogP contribution in [-0.2, 0) is 4.74 Å². The van der Waals surface area contributed by atoms with Crippen LogP contribution in [0.5, 0.6) is 0 Å². The van der Waals surface area contributed by atoms with Gasteiger partial charge in [0.2, 0.25) is 0 Å². The number of ether oxygens (including phenoxy) is 1. The SMILES string of the molecule is CN=C(NCC1CN(CC(C)C)CCO1)N1CC2CCCCC2C1.I. The molecule has 146 valence electrons. The molecule has 0 radical (unpaired) electrons. The molecule has 3 fully saturated rings. The third-order valence-corrected chi connectivity index (χ3v) is 5.82. The van der Waals surface area contributed by atoms with Crippen molar-refractivity contribution in [3.63, 3.8) is 0 Å². The van der Waals surface area contributed by atoms with Gasteiger partial charge in [-0.1, -0.05) is 26.7 Å². The summed E-state index contributed by atoms with van der Waals surface area (Å²) < 4.78 is 5.96. The van der Waals surface area contributed by atoms with Crippen molar-refractivity contribution in [2.75, 3.05) is 52.9 Å². The fourth-order valence-electron chi connectivity index (χ4n) is 4.70. The highest BCUT2D eigenvalue weighted by Gasteiger charge is 2.35. The van der Waals surface area contributed by atoms with E-state index in [1.807, 2.05) is 7.05 Å². The van der Waals surface area contributed by atoms with E-state index in [-0.39, 0.29) is 30.1 Å². The zero-order valence-corrected chi connectivity index (χ0v) is 18.6. The van der Waals surface area contributed by atoms with Gasteiger partial charge in [0, 0.05) is 46.3 Å². The quantitative estimate of drug-likeness (QED) is 0.395. The molecule has 2 heterocycles. The monoisotopic (exact) mass is 464 g/mol. The Morgan fingerprint density at radius 1 is 1.16 bits per heavy atom. The van der Waals surface area contributed by atoms with E-state index < -0.39 is 0 Å². The normalized spacial score (nSPS) is 31.0. The average molecular weight is 464 g/mol. The van der Waals surface area contributed by atoms with E-state index in [1.165, 1.54) is 45.3 Å². The highest BCUT2D eigenvalue weighted by molar-refractivity contribution is 14.0. The van der Waals surface area contributed by atoms with Gasteiger partial charge in [0.05, 0.1) is 12.7 Å². The summed E-state index contributed by atoms with van der Waals surface area (Å²) in [4.78, 5) is 9.56. The van der Waals surface area contributed by atoms with Crippen molar-refractivity contribution < 1.29 is 4.74 Å². The molecule has 1 N–H and O–H groups in total. The maximum Gasteiger partial charge on any atom is 0.193 e. The van der Waals surface area contributed by atoms with Crippen LogP contribution in [0.2, 0.25) is 0 Å². The molecule has 0 amide bonds. The van der Waals surface area contributed by atoms with Crippen LogP contribution in [0.1, 0.15) is 39.5 Å². The first-order chi connectivity index (χ1) is 11.7. The first-order valence-corrected chi connectivity index (χ1v) is 9.95. The van der Waals surface area contributed by atoms with Crippen molar-refractivity contribution in [3.8, 4) is 0 Å². The van der Waals surface area contributed by atoms with Crippen molar-refractivity contribution in [2.45, 2.75) is 45.6 Å². The summed E-state index contributed by atoms with van der Waals surface area (Å²) in [5.41, 5.74) is 0. The predicted molar refractivity (Wildman–Crippen MR) is 115 cm³/mol. The largest absolute Gasteiger partial charge is 0.374 e. The molecule has 1 aliphatic carbocycles. The molecular weight excluding hydrogens is 427 g/mol. The van der Waals surface area contributed by atoms with Gasteiger partial charge in [0.15, 0.2) is 5.96 Å². The lowest BCUT2D eigenvalue weighted by molar-refractivity contribution is -0.0286. The fraction of sp³-hybridized carbons (Fsp3) is 0.947. The molecule has 5 nitrogen and oxygen atoms in total.